The van der Waals surface area contributed by atoms with E-state index in [2.05, 4.69) is 10.3 Å². The lowest BCUT2D eigenvalue weighted by Gasteiger charge is -2.30. The molecule has 1 saturated heterocycles. The first-order chi connectivity index (χ1) is 11.6. The zero-order chi connectivity index (χ0) is 16.9. The maximum atomic E-state index is 12.6. The fourth-order valence-corrected chi connectivity index (χ4v) is 4.65. The Kier molecular flexibility index (Phi) is 5.84. The van der Waals surface area contributed by atoms with Gasteiger partial charge >= 0.3 is 0 Å². The number of carbonyl (C=O) groups is 2. The summed E-state index contributed by atoms with van der Waals surface area (Å²) in [5, 5.41) is 3.74. The minimum absolute atomic E-state index is 0.0193. The predicted molar refractivity (Wildman–Crippen MR) is 95.0 cm³/mol. The average Bonchev–Trinajstić information content (AvgIpc) is 2.88. The van der Waals surface area contributed by atoms with Crippen LogP contribution in [0.2, 0.25) is 0 Å². The summed E-state index contributed by atoms with van der Waals surface area (Å²) in [4.78, 5) is 31.6. The first kappa shape index (κ1) is 17.4. The van der Waals surface area contributed by atoms with E-state index in [0.717, 1.165) is 37.4 Å². The van der Waals surface area contributed by atoms with Crippen molar-refractivity contribution in [3.05, 3.63) is 10.6 Å². The highest BCUT2D eigenvalue weighted by atomic mass is 32.1. The number of primary amides is 1. The minimum atomic E-state index is -0.337. The smallest absolute Gasteiger partial charge is 0.231 e. The fourth-order valence-electron chi connectivity index (χ4n) is 3.60. The highest BCUT2D eigenvalue weighted by Crippen LogP contribution is 2.29. The molecule has 24 heavy (non-hydrogen) atoms. The number of thiazole rings is 1. The van der Waals surface area contributed by atoms with Gasteiger partial charge in [-0.1, -0.05) is 12.8 Å². The SMILES string of the molecule is NC(=O)CN1CCCC(C(=O)Nc2nc3c(s2)CCCCCC3)C1. The first-order valence-corrected chi connectivity index (χ1v) is 9.73. The van der Waals surface area contributed by atoms with Gasteiger partial charge in [-0.2, -0.15) is 0 Å². The molecule has 0 aromatic carbocycles. The maximum Gasteiger partial charge on any atom is 0.231 e. The molecule has 1 unspecified atom stereocenters. The molecule has 1 aliphatic heterocycles. The summed E-state index contributed by atoms with van der Waals surface area (Å²) in [6.45, 7) is 1.66. The van der Waals surface area contributed by atoms with Crippen molar-refractivity contribution in [1.29, 1.82) is 0 Å². The molecule has 1 fully saturated rings. The van der Waals surface area contributed by atoms with E-state index >= 15 is 0 Å². The number of likely N-dealkylation sites (tertiary alicyclic amines) is 1. The monoisotopic (exact) mass is 350 g/mol. The van der Waals surface area contributed by atoms with Crippen LogP contribution in [0.5, 0.6) is 0 Å². The summed E-state index contributed by atoms with van der Waals surface area (Å²) < 4.78 is 0. The number of hydrogen-bond donors (Lipinski definition) is 2. The topological polar surface area (TPSA) is 88.3 Å². The van der Waals surface area contributed by atoms with Gasteiger partial charge in [-0.15, -0.1) is 11.3 Å². The Morgan fingerprint density at radius 2 is 2.00 bits per heavy atom. The van der Waals surface area contributed by atoms with Crippen LogP contribution in [0.1, 0.15) is 49.1 Å². The van der Waals surface area contributed by atoms with Gasteiger partial charge in [-0.25, -0.2) is 4.98 Å². The lowest BCUT2D eigenvalue weighted by atomic mass is 9.97. The summed E-state index contributed by atoms with van der Waals surface area (Å²) in [5.41, 5.74) is 6.44. The predicted octanol–water partition coefficient (Wildman–Crippen LogP) is 1.94. The molecule has 3 rings (SSSR count). The van der Waals surface area contributed by atoms with Gasteiger partial charge in [0, 0.05) is 11.4 Å². The molecule has 0 saturated carbocycles. The van der Waals surface area contributed by atoms with Gasteiger partial charge in [0.1, 0.15) is 0 Å². The number of nitrogens with two attached hydrogens (primary N) is 1. The van der Waals surface area contributed by atoms with Crippen LogP contribution in [0.15, 0.2) is 0 Å². The maximum absolute atomic E-state index is 12.6. The molecular weight excluding hydrogens is 324 g/mol. The molecule has 1 aromatic heterocycles. The third-order valence-corrected chi connectivity index (χ3v) is 5.90. The van der Waals surface area contributed by atoms with E-state index in [9.17, 15) is 9.59 Å². The summed E-state index contributed by atoms with van der Waals surface area (Å²) in [7, 11) is 0. The number of carbonyl (C=O) groups excluding carboxylic acids is 2. The van der Waals surface area contributed by atoms with E-state index in [4.69, 9.17) is 5.73 Å². The van der Waals surface area contributed by atoms with E-state index in [1.54, 1.807) is 11.3 Å². The molecule has 0 spiro atoms. The molecule has 132 valence electrons. The van der Waals surface area contributed by atoms with Crippen LogP contribution >= 0.6 is 11.3 Å². The van der Waals surface area contributed by atoms with E-state index in [0.29, 0.717) is 6.54 Å². The van der Waals surface area contributed by atoms with Gasteiger partial charge in [-0.3, -0.25) is 14.5 Å². The van der Waals surface area contributed by atoms with Gasteiger partial charge in [0.15, 0.2) is 5.13 Å². The van der Waals surface area contributed by atoms with Gasteiger partial charge < -0.3 is 11.1 Å². The molecule has 7 heteroatoms. The lowest BCUT2D eigenvalue weighted by molar-refractivity contribution is -0.124. The second-order valence-electron chi connectivity index (χ2n) is 6.83. The zero-order valence-electron chi connectivity index (χ0n) is 14.1. The number of aryl methyl sites for hydroxylation is 2. The lowest BCUT2D eigenvalue weighted by Crippen LogP contribution is -2.44. The molecular formula is C17H26N4O2S. The number of piperidine rings is 1. The molecule has 0 bridgehead atoms. The van der Waals surface area contributed by atoms with Crippen molar-refractivity contribution in [2.24, 2.45) is 11.7 Å². The van der Waals surface area contributed by atoms with Crippen LogP contribution in [0.25, 0.3) is 0 Å². The van der Waals surface area contributed by atoms with Crippen LogP contribution in [-0.4, -0.2) is 41.3 Å². The van der Waals surface area contributed by atoms with E-state index < -0.39 is 0 Å². The fraction of sp³-hybridized carbons (Fsp3) is 0.706. The van der Waals surface area contributed by atoms with Crippen molar-refractivity contribution in [2.45, 2.75) is 51.4 Å². The molecule has 1 aliphatic carbocycles. The molecule has 0 radical (unpaired) electrons. The van der Waals surface area contributed by atoms with Crippen LogP contribution in [0.3, 0.4) is 0 Å². The Hall–Kier alpha value is -1.47. The largest absolute Gasteiger partial charge is 0.369 e. The average molecular weight is 350 g/mol. The van der Waals surface area contributed by atoms with Gasteiger partial charge in [-0.05, 0) is 45.1 Å². The third-order valence-electron chi connectivity index (χ3n) is 4.83. The normalized spacial score (nSPS) is 22.2. The number of nitrogens with one attached hydrogen (secondary N) is 1. The minimum Gasteiger partial charge on any atom is -0.369 e. The molecule has 2 heterocycles. The third kappa shape index (κ3) is 4.54. The van der Waals surface area contributed by atoms with Gasteiger partial charge in [0.2, 0.25) is 11.8 Å². The van der Waals surface area contributed by atoms with Crippen molar-refractivity contribution >= 4 is 28.3 Å². The van der Waals surface area contributed by atoms with Crippen LogP contribution < -0.4 is 11.1 Å². The van der Waals surface area contributed by atoms with E-state index in [1.807, 2.05) is 4.90 Å². The zero-order valence-corrected chi connectivity index (χ0v) is 14.9. The Morgan fingerprint density at radius 1 is 1.21 bits per heavy atom. The van der Waals surface area contributed by atoms with E-state index in [-0.39, 0.29) is 24.3 Å². The van der Waals surface area contributed by atoms with E-state index in [1.165, 1.54) is 36.3 Å². The highest BCUT2D eigenvalue weighted by Gasteiger charge is 2.27. The Morgan fingerprint density at radius 3 is 2.79 bits per heavy atom. The highest BCUT2D eigenvalue weighted by molar-refractivity contribution is 7.15. The van der Waals surface area contributed by atoms with Gasteiger partial charge in [0.25, 0.3) is 0 Å². The van der Waals surface area contributed by atoms with Crippen molar-refractivity contribution in [1.82, 2.24) is 9.88 Å². The molecule has 3 N–H and O–H groups in total. The van der Waals surface area contributed by atoms with Crippen molar-refractivity contribution < 1.29 is 9.59 Å². The second kappa shape index (κ2) is 8.07. The van der Waals surface area contributed by atoms with Crippen molar-refractivity contribution in [3.8, 4) is 0 Å². The number of anilines is 1. The summed E-state index contributed by atoms with van der Waals surface area (Å²) in [6.07, 6.45) is 8.84. The van der Waals surface area contributed by atoms with Crippen LogP contribution in [-0.2, 0) is 22.4 Å². The molecule has 2 aliphatic rings. The number of amides is 2. The Balaban J connectivity index is 1.60. The summed E-state index contributed by atoms with van der Waals surface area (Å²) in [6, 6.07) is 0. The number of hydrogen-bond acceptors (Lipinski definition) is 5. The molecule has 1 aromatic rings. The number of aromatic nitrogens is 1. The second-order valence-corrected chi connectivity index (χ2v) is 7.92. The molecule has 1 atom stereocenters. The van der Waals surface area contributed by atoms with Crippen molar-refractivity contribution in [3.63, 3.8) is 0 Å². The molecule has 2 amide bonds. The molecule has 6 nitrogen and oxygen atoms in total. The number of fused-ring (bicyclic) bond motifs is 1. The Labute approximate surface area is 146 Å². The van der Waals surface area contributed by atoms with Gasteiger partial charge in [0.05, 0.1) is 18.2 Å². The first-order valence-electron chi connectivity index (χ1n) is 8.92. The number of nitrogens with zero attached hydrogens (tertiary/aromatic N) is 2. The summed E-state index contributed by atoms with van der Waals surface area (Å²) in [5.74, 6) is -0.411. The standard InChI is InChI=1S/C17H26N4O2S/c18-15(22)11-21-9-5-6-12(10-21)16(23)20-17-19-13-7-3-1-2-4-8-14(13)24-17/h12H,1-11H2,(H2,18,22)(H,19,20,23). The van der Waals surface area contributed by atoms with Crippen LogP contribution in [0.4, 0.5) is 5.13 Å². The Bertz CT molecular complexity index is 576. The quantitative estimate of drug-likeness (QED) is 0.868. The van der Waals surface area contributed by atoms with Crippen LogP contribution in [0, 0.1) is 5.92 Å². The van der Waals surface area contributed by atoms with Crippen molar-refractivity contribution in [2.75, 3.05) is 25.0 Å². The summed E-state index contributed by atoms with van der Waals surface area (Å²) >= 11 is 1.63. The number of rotatable bonds is 4.